The third kappa shape index (κ3) is 1.59. The fraction of sp³-hybridized carbons (Fsp3) is 0.250. The molecule has 1 unspecified atom stereocenters. The highest BCUT2D eigenvalue weighted by Crippen LogP contribution is 2.50. The average Bonchev–Trinajstić information content (AvgIpc) is 3.13. The highest BCUT2D eigenvalue weighted by Gasteiger charge is 2.56. The van der Waals surface area contributed by atoms with E-state index in [2.05, 4.69) is 5.16 Å². The van der Waals surface area contributed by atoms with Crippen molar-refractivity contribution in [2.45, 2.75) is 12.5 Å². The number of aryl methyl sites for hydroxylation is 1. The van der Waals surface area contributed by atoms with E-state index < -0.39 is 10.5 Å². The zero-order valence-electron chi connectivity index (χ0n) is 10.1. The summed E-state index contributed by atoms with van der Waals surface area (Å²) in [6.45, 7) is 1.99. The van der Waals surface area contributed by atoms with Crippen molar-refractivity contribution in [3.8, 4) is 0 Å². The molecule has 1 aliphatic heterocycles. The van der Waals surface area contributed by atoms with Crippen molar-refractivity contribution in [1.29, 1.82) is 0 Å². The second-order valence-corrected chi connectivity index (χ2v) is 4.40. The van der Waals surface area contributed by atoms with Gasteiger partial charge in [-0.15, -0.1) is 0 Å². The number of ether oxygens (including phenoxy) is 1. The molecule has 0 saturated carbocycles. The molecule has 0 aliphatic carbocycles. The Labute approximate surface area is 108 Å². The number of para-hydroxylation sites is 1. The number of nitro groups is 1. The Bertz CT molecular complexity index is 661. The van der Waals surface area contributed by atoms with Crippen molar-refractivity contribution in [3.63, 3.8) is 0 Å². The van der Waals surface area contributed by atoms with Gasteiger partial charge in [0.1, 0.15) is 11.4 Å². The lowest BCUT2D eigenvalue weighted by molar-refractivity contribution is -0.386. The Morgan fingerprint density at radius 3 is 2.68 bits per heavy atom. The zero-order valence-corrected chi connectivity index (χ0v) is 10.1. The van der Waals surface area contributed by atoms with Gasteiger partial charge in [0, 0.05) is 6.07 Å². The average molecular weight is 261 g/mol. The first kappa shape index (κ1) is 11.7. The molecule has 0 radical (unpaired) electrons. The van der Waals surface area contributed by atoms with Crippen molar-refractivity contribution < 1.29 is 14.2 Å². The number of epoxide rings is 1. The van der Waals surface area contributed by atoms with Crippen molar-refractivity contribution in [2.75, 3.05) is 12.3 Å². The Hall–Kier alpha value is -2.41. The van der Waals surface area contributed by atoms with Gasteiger partial charge in [-0.25, -0.2) is 0 Å². The topological polar surface area (TPSA) is 108 Å². The summed E-state index contributed by atoms with van der Waals surface area (Å²) in [5, 5.41) is 14.9. The quantitative estimate of drug-likeness (QED) is 0.512. The number of nitrogen functional groups attached to an aromatic ring is 1. The van der Waals surface area contributed by atoms with Crippen LogP contribution >= 0.6 is 0 Å². The molecule has 2 heterocycles. The first-order valence-corrected chi connectivity index (χ1v) is 5.66. The third-order valence-electron chi connectivity index (χ3n) is 3.24. The largest absolute Gasteiger partial charge is 0.394 e. The monoisotopic (exact) mass is 261 g/mol. The molecule has 7 heteroatoms. The number of aromatic nitrogens is 1. The van der Waals surface area contributed by atoms with Crippen LogP contribution in [0.15, 0.2) is 28.8 Å². The van der Waals surface area contributed by atoms with Crippen LogP contribution in [-0.2, 0) is 10.3 Å². The Balaban J connectivity index is 2.17. The van der Waals surface area contributed by atoms with Gasteiger partial charge in [0.15, 0.2) is 11.4 Å². The normalized spacial score (nSPS) is 21.3. The van der Waals surface area contributed by atoms with Crippen LogP contribution in [0.1, 0.15) is 17.0 Å². The molecular weight excluding hydrogens is 250 g/mol. The maximum absolute atomic E-state index is 11.1. The Morgan fingerprint density at radius 2 is 2.16 bits per heavy atom. The van der Waals surface area contributed by atoms with Crippen LogP contribution in [0.3, 0.4) is 0 Å². The van der Waals surface area contributed by atoms with Gasteiger partial charge in [-0.2, -0.15) is 0 Å². The smallest absolute Gasteiger partial charge is 0.276 e. The summed E-state index contributed by atoms with van der Waals surface area (Å²) in [6.07, 6.45) is 0. The van der Waals surface area contributed by atoms with E-state index in [4.69, 9.17) is 15.0 Å². The fourth-order valence-electron chi connectivity index (χ4n) is 2.12. The summed E-state index contributed by atoms with van der Waals surface area (Å²) < 4.78 is 10.6. The summed E-state index contributed by atoms with van der Waals surface area (Å²) >= 11 is 0. The first-order chi connectivity index (χ1) is 9.06. The minimum Gasteiger partial charge on any atom is -0.394 e. The number of hydrogen-bond acceptors (Lipinski definition) is 6. The number of nitro benzene ring substituents is 1. The maximum Gasteiger partial charge on any atom is 0.276 e. The molecule has 0 amide bonds. The molecule has 3 rings (SSSR count). The molecule has 98 valence electrons. The van der Waals surface area contributed by atoms with Crippen molar-refractivity contribution in [3.05, 3.63) is 51.4 Å². The highest BCUT2D eigenvalue weighted by atomic mass is 16.6. The zero-order chi connectivity index (χ0) is 13.6. The summed E-state index contributed by atoms with van der Waals surface area (Å²) in [4.78, 5) is 10.6. The lowest BCUT2D eigenvalue weighted by atomic mass is 9.94. The van der Waals surface area contributed by atoms with Crippen molar-refractivity contribution in [2.24, 2.45) is 0 Å². The molecule has 1 aliphatic rings. The molecule has 0 bridgehead atoms. The summed E-state index contributed by atoms with van der Waals surface area (Å²) in [6, 6.07) is 6.39. The van der Waals surface area contributed by atoms with Gasteiger partial charge in [0.2, 0.25) is 0 Å². The molecule has 2 aromatic rings. The summed E-state index contributed by atoms with van der Waals surface area (Å²) in [5.74, 6) is 0.333. The van der Waals surface area contributed by atoms with Crippen LogP contribution in [0.5, 0.6) is 0 Å². The van der Waals surface area contributed by atoms with E-state index in [1.807, 2.05) is 0 Å². The minimum absolute atomic E-state index is 0.0200. The molecule has 2 N–H and O–H groups in total. The fourth-order valence-corrected chi connectivity index (χ4v) is 2.12. The van der Waals surface area contributed by atoms with E-state index in [9.17, 15) is 10.1 Å². The van der Waals surface area contributed by atoms with E-state index in [1.54, 1.807) is 25.1 Å². The van der Waals surface area contributed by atoms with Gasteiger partial charge >= 0.3 is 0 Å². The number of benzene rings is 1. The number of hydrogen-bond donors (Lipinski definition) is 1. The van der Waals surface area contributed by atoms with E-state index in [0.29, 0.717) is 22.7 Å². The van der Waals surface area contributed by atoms with Crippen LogP contribution in [-0.4, -0.2) is 16.7 Å². The van der Waals surface area contributed by atoms with Gasteiger partial charge in [0.05, 0.1) is 17.1 Å². The Morgan fingerprint density at radius 1 is 1.47 bits per heavy atom. The van der Waals surface area contributed by atoms with Crippen LogP contribution < -0.4 is 5.73 Å². The first-order valence-electron chi connectivity index (χ1n) is 5.66. The molecule has 1 aromatic heterocycles. The second-order valence-electron chi connectivity index (χ2n) is 4.40. The summed E-state index contributed by atoms with van der Waals surface area (Å²) in [5.41, 5.74) is 6.24. The van der Waals surface area contributed by atoms with Gasteiger partial charge in [-0.1, -0.05) is 17.3 Å². The van der Waals surface area contributed by atoms with Crippen molar-refractivity contribution >= 4 is 11.4 Å². The molecule has 19 heavy (non-hydrogen) atoms. The van der Waals surface area contributed by atoms with Gasteiger partial charge in [-0.3, -0.25) is 10.1 Å². The van der Waals surface area contributed by atoms with E-state index in [0.717, 1.165) is 0 Å². The lowest BCUT2D eigenvalue weighted by Gasteiger charge is -2.09. The predicted octanol–water partition coefficient (Wildman–Crippen LogP) is 1.75. The number of rotatable bonds is 3. The molecular formula is C12H11N3O4. The Kier molecular flexibility index (Phi) is 2.33. The number of anilines is 1. The van der Waals surface area contributed by atoms with Gasteiger partial charge in [-0.05, 0) is 13.0 Å². The number of nitrogens with zero attached hydrogens (tertiary/aromatic N) is 2. The SMILES string of the molecule is Cc1noc(C2(c3ccccc3[N+](=O)[O-])CO2)c1N. The van der Waals surface area contributed by atoms with Gasteiger partial charge < -0.3 is 15.0 Å². The van der Waals surface area contributed by atoms with Crippen LogP contribution in [0.25, 0.3) is 0 Å². The van der Waals surface area contributed by atoms with Crippen LogP contribution in [0.4, 0.5) is 11.4 Å². The molecule has 7 nitrogen and oxygen atoms in total. The minimum atomic E-state index is -0.977. The predicted molar refractivity (Wildman–Crippen MR) is 65.5 cm³/mol. The molecule has 1 fully saturated rings. The van der Waals surface area contributed by atoms with Crippen molar-refractivity contribution in [1.82, 2.24) is 5.16 Å². The molecule has 0 spiro atoms. The molecule has 1 saturated heterocycles. The van der Waals surface area contributed by atoms with Gasteiger partial charge in [0.25, 0.3) is 5.69 Å². The van der Waals surface area contributed by atoms with E-state index in [1.165, 1.54) is 6.07 Å². The van der Waals surface area contributed by atoms with E-state index in [-0.39, 0.29) is 12.3 Å². The second kappa shape index (κ2) is 3.79. The third-order valence-corrected chi connectivity index (χ3v) is 3.24. The maximum atomic E-state index is 11.1. The highest BCUT2D eigenvalue weighted by molar-refractivity contribution is 5.58. The van der Waals surface area contributed by atoms with Crippen LogP contribution in [0, 0.1) is 17.0 Å². The number of nitrogens with two attached hydrogens (primary N) is 1. The molecule has 1 aromatic carbocycles. The lowest BCUT2D eigenvalue weighted by Crippen LogP contribution is -2.14. The van der Waals surface area contributed by atoms with E-state index >= 15 is 0 Å². The summed E-state index contributed by atoms with van der Waals surface area (Å²) in [7, 11) is 0. The standard InChI is InChI=1S/C12H11N3O4/c1-7-10(13)11(19-14-7)12(6-18-12)8-4-2-3-5-9(8)15(16)17/h2-5H,6,13H2,1H3. The molecule has 1 atom stereocenters. The van der Waals surface area contributed by atoms with Crippen LogP contribution in [0.2, 0.25) is 0 Å².